The fraction of sp³-hybridized carbons (Fsp3) is 0.846. The van der Waals surface area contributed by atoms with E-state index < -0.39 is 5.60 Å². The highest BCUT2D eigenvalue weighted by Crippen LogP contribution is 2.39. The molecule has 5 heteroatoms. The van der Waals surface area contributed by atoms with Gasteiger partial charge in [0.1, 0.15) is 5.60 Å². The van der Waals surface area contributed by atoms with Crippen LogP contribution in [-0.2, 0) is 9.59 Å². The second kappa shape index (κ2) is 3.95. The Morgan fingerprint density at radius 3 is 2.61 bits per heavy atom. The van der Waals surface area contributed by atoms with E-state index in [4.69, 9.17) is 0 Å². The Bertz CT molecular complexity index is 390. The van der Waals surface area contributed by atoms with E-state index in [1.54, 1.807) is 4.90 Å². The van der Waals surface area contributed by atoms with Crippen molar-refractivity contribution < 1.29 is 14.7 Å². The molecule has 100 valence electrons. The number of nitrogens with zero attached hydrogens (tertiary/aromatic N) is 1. The number of amides is 2. The van der Waals surface area contributed by atoms with E-state index in [2.05, 4.69) is 5.32 Å². The lowest BCUT2D eigenvalue weighted by molar-refractivity contribution is -0.150. The number of hydrogen-bond acceptors (Lipinski definition) is 3. The summed E-state index contributed by atoms with van der Waals surface area (Å²) in [6.07, 6.45) is 4.43. The van der Waals surface area contributed by atoms with Crippen LogP contribution in [-0.4, -0.2) is 47.1 Å². The molecular weight excluding hydrogens is 232 g/mol. The third-order valence-corrected chi connectivity index (χ3v) is 4.75. The molecule has 1 saturated carbocycles. The van der Waals surface area contributed by atoms with Crippen LogP contribution in [0.3, 0.4) is 0 Å². The van der Waals surface area contributed by atoms with Crippen LogP contribution in [0.1, 0.15) is 38.5 Å². The maximum Gasteiger partial charge on any atom is 0.254 e. The Balaban J connectivity index is 1.69. The van der Waals surface area contributed by atoms with Crippen molar-refractivity contribution in [1.29, 1.82) is 0 Å². The molecule has 5 nitrogen and oxygen atoms in total. The van der Waals surface area contributed by atoms with E-state index in [-0.39, 0.29) is 17.2 Å². The highest BCUT2D eigenvalue weighted by molar-refractivity contribution is 5.86. The molecule has 18 heavy (non-hydrogen) atoms. The Hall–Kier alpha value is -1.10. The SMILES string of the molecule is O=C1C[C@]2(CCN(C(=O)C3(O)CCCC3)C2)CN1. The van der Waals surface area contributed by atoms with Gasteiger partial charge < -0.3 is 15.3 Å². The van der Waals surface area contributed by atoms with Gasteiger partial charge in [0, 0.05) is 31.5 Å². The standard InChI is InChI=1S/C13H20N2O3/c16-10-7-12(8-14-10)5-6-15(9-12)11(17)13(18)3-1-2-4-13/h18H,1-9H2,(H,14,16)/t12-/m1/s1. The minimum absolute atomic E-state index is 0.0678. The molecule has 3 aliphatic rings. The third kappa shape index (κ3) is 1.81. The molecule has 0 aromatic heterocycles. The zero-order valence-corrected chi connectivity index (χ0v) is 10.6. The smallest absolute Gasteiger partial charge is 0.254 e. The van der Waals surface area contributed by atoms with Gasteiger partial charge in [0.05, 0.1) is 0 Å². The first-order chi connectivity index (χ1) is 8.53. The van der Waals surface area contributed by atoms with Gasteiger partial charge in [-0.15, -0.1) is 0 Å². The van der Waals surface area contributed by atoms with Crippen LogP contribution in [0, 0.1) is 5.41 Å². The molecular formula is C13H20N2O3. The minimum Gasteiger partial charge on any atom is -0.380 e. The monoisotopic (exact) mass is 252 g/mol. The fourth-order valence-electron chi connectivity index (χ4n) is 3.62. The Morgan fingerprint density at radius 1 is 1.28 bits per heavy atom. The second-order valence-electron chi connectivity index (χ2n) is 6.17. The van der Waals surface area contributed by atoms with Crippen molar-refractivity contribution in [2.45, 2.75) is 44.1 Å². The second-order valence-corrected chi connectivity index (χ2v) is 6.17. The number of aliphatic hydroxyl groups is 1. The molecule has 0 aromatic carbocycles. The van der Waals surface area contributed by atoms with Crippen LogP contribution >= 0.6 is 0 Å². The topological polar surface area (TPSA) is 69.6 Å². The van der Waals surface area contributed by atoms with Crippen molar-refractivity contribution in [2.24, 2.45) is 5.41 Å². The molecule has 0 radical (unpaired) electrons. The first-order valence-corrected chi connectivity index (χ1v) is 6.82. The van der Waals surface area contributed by atoms with Crippen molar-refractivity contribution in [3.8, 4) is 0 Å². The van der Waals surface area contributed by atoms with Crippen LogP contribution in [0.25, 0.3) is 0 Å². The number of nitrogens with one attached hydrogen (secondary N) is 1. The summed E-state index contributed by atoms with van der Waals surface area (Å²) in [5.74, 6) is -0.0277. The van der Waals surface area contributed by atoms with Crippen molar-refractivity contribution in [1.82, 2.24) is 10.2 Å². The lowest BCUT2D eigenvalue weighted by Crippen LogP contribution is -2.47. The number of carbonyl (C=O) groups is 2. The third-order valence-electron chi connectivity index (χ3n) is 4.75. The van der Waals surface area contributed by atoms with E-state index in [1.165, 1.54) is 0 Å². The number of likely N-dealkylation sites (tertiary alicyclic amines) is 1. The van der Waals surface area contributed by atoms with E-state index in [0.717, 1.165) is 19.3 Å². The van der Waals surface area contributed by atoms with E-state index in [9.17, 15) is 14.7 Å². The first kappa shape index (κ1) is 12.0. The van der Waals surface area contributed by atoms with Crippen molar-refractivity contribution >= 4 is 11.8 Å². The molecule has 2 N–H and O–H groups in total. The van der Waals surface area contributed by atoms with Gasteiger partial charge in [0.15, 0.2) is 0 Å². The molecule has 1 aliphatic carbocycles. The number of hydrogen-bond donors (Lipinski definition) is 2. The van der Waals surface area contributed by atoms with Crippen LogP contribution < -0.4 is 5.32 Å². The van der Waals surface area contributed by atoms with Crippen LogP contribution in [0.15, 0.2) is 0 Å². The van der Waals surface area contributed by atoms with E-state index in [1.807, 2.05) is 0 Å². The summed E-state index contributed by atoms with van der Waals surface area (Å²) in [5, 5.41) is 13.2. The highest BCUT2D eigenvalue weighted by Gasteiger charge is 2.49. The summed E-state index contributed by atoms with van der Waals surface area (Å²) in [6, 6.07) is 0. The van der Waals surface area contributed by atoms with Gasteiger partial charge in [-0.25, -0.2) is 0 Å². The van der Waals surface area contributed by atoms with Gasteiger partial charge in [-0.3, -0.25) is 9.59 Å². The Kier molecular flexibility index (Phi) is 2.62. The molecule has 2 heterocycles. The number of rotatable bonds is 1. The molecule has 0 bridgehead atoms. The normalized spacial score (nSPS) is 34.3. The maximum absolute atomic E-state index is 12.4. The average Bonchev–Trinajstić information content (AvgIpc) is 3.02. The number of carbonyl (C=O) groups excluding carboxylic acids is 2. The van der Waals surface area contributed by atoms with Crippen molar-refractivity contribution in [3.63, 3.8) is 0 Å². The average molecular weight is 252 g/mol. The lowest BCUT2D eigenvalue weighted by atomic mass is 9.86. The summed E-state index contributed by atoms with van der Waals surface area (Å²) in [5.41, 5.74) is -1.19. The molecule has 0 unspecified atom stereocenters. The Morgan fingerprint density at radius 2 is 2.00 bits per heavy atom. The molecule has 1 spiro atoms. The lowest BCUT2D eigenvalue weighted by Gasteiger charge is -2.29. The molecule has 3 fully saturated rings. The Labute approximate surface area is 107 Å². The predicted octanol–water partition coefficient (Wildman–Crippen LogP) is 0.0301. The quantitative estimate of drug-likeness (QED) is 0.692. The maximum atomic E-state index is 12.4. The first-order valence-electron chi connectivity index (χ1n) is 6.82. The van der Waals surface area contributed by atoms with Crippen molar-refractivity contribution in [3.05, 3.63) is 0 Å². The van der Waals surface area contributed by atoms with Gasteiger partial charge in [0.2, 0.25) is 5.91 Å². The van der Waals surface area contributed by atoms with E-state index in [0.29, 0.717) is 38.9 Å². The van der Waals surface area contributed by atoms with Gasteiger partial charge in [-0.1, -0.05) is 0 Å². The molecule has 2 aliphatic heterocycles. The van der Waals surface area contributed by atoms with Crippen LogP contribution in [0.4, 0.5) is 0 Å². The summed E-state index contributed by atoms with van der Waals surface area (Å²) in [6.45, 7) is 1.97. The predicted molar refractivity (Wildman–Crippen MR) is 64.7 cm³/mol. The largest absolute Gasteiger partial charge is 0.380 e. The molecule has 1 atom stereocenters. The minimum atomic E-state index is -1.12. The van der Waals surface area contributed by atoms with Gasteiger partial charge in [-0.05, 0) is 32.1 Å². The summed E-state index contributed by atoms with van der Waals surface area (Å²) in [7, 11) is 0. The molecule has 2 amide bonds. The van der Waals surface area contributed by atoms with Crippen molar-refractivity contribution in [2.75, 3.05) is 19.6 Å². The van der Waals surface area contributed by atoms with Gasteiger partial charge in [-0.2, -0.15) is 0 Å². The zero-order valence-electron chi connectivity index (χ0n) is 10.6. The molecule has 2 saturated heterocycles. The summed E-state index contributed by atoms with van der Waals surface area (Å²) >= 11 is 0. The van der Waals surface area contributed by atoms with Crippen LogP contribution in [0.5, 0.6) is 0 Å². The fourth-order valence-corrected chi connectivity index (χ4v) is 3.62. The van der Waals surface area contributed by atoms with Gasteiger partial charge in [0.25, 0.3) is 5.91 Å². The summed E-state index contributed by atoms with van der Waals surface area (Å²) < 4.78 is 0. The van der Waals surface area contributed by atoms with Crippen LogP contribution in [0.2, 0.25) is 0 Å². The zero-order chi connectivity index (χ0) is 12.8. The highest BCUT2D eigenvalue weighted by atomic mass is 16.3. The molecule has 0 aromatic rings. The van der Waals surface area contributed by atoms with E-state index >= 15 is 0 Å². The molecule has 3 rings (SSSR count). The van der Waals surface area contributed by atoms with Gasteiger partial charge >= 0.3 is 0 Å². The summed E-state index contributed by atoms with van der Waals surface area (Å²) in [4.78, 5) is 25.5.